The van der Waals surface area contributed by atoms with Crippen molar-refractivity contribution in [3.63, 3.8) is 0 Å². The summed E-state index contributed by atoms with van der Waals surface area (Å²) >= 11 is 0. The Kier molecular flexibility index (Phi) is 5.91. The molecule has 0 radical (unpaired) electrons. The zero-order valence-electron chi connectivity index (χ0n) is 16.8. The Bertz CT molecular complexity index is 1020. The van der Waals surface area contributed by atoms with Gasteiger partial charge in [0.25, 0.3) is 11.8 Å². The number of amides is 4. The zero-order chi connectivity index (χ0) is 21.8. The number of para-hydroxylation sites is 2. The maximum Gasteiger partial charge on any atom is 0.336 e. The predicted octanol–water partition coefficient (Wildman–Crippen LogP) is 2.39. The molecular formula is C21H20N2O7. The summed E-state index contributed by atoms with van der Waals surface area (Å²) in [5.41, 5.74) is 0.269. The van der Waals surface area contributed by atoms with Gasteiger partial charge in [-0.25, -0.2) is 9.69 Å². The van der Waals surface area contributed by atoms with Gasteiger partial charge in [0.1, 0.15) is 28.6 Å². The summed E-state index contributed by atoms with van der Waals surface area (Å²) in [4.78, 5) is 38.9. The van der Waals surface area contributed by atoms with Crippen LogP contribution in [0.25, 0.3) is 6.08 Å². The van der Waals surface area contributed by atoms with Crippen LogP contribution in [-0.2, 0) is 9.59 Å². The lowest BCUT2D eigenvalue weighted by Crippen LogP contribution is -2.54. The maximum atomic E-state index is 13.2. The Morgan fingerprint density at radius 2 is 1.43 bits per heavy atom. The van der Waals surface area contributed by atoms with Crippen LogP contribution < -0.4 is 29.2 Å². The fourth-order valence-electron chi connectivity index (χ4n) is 3.01. The minimum absolute atomic E-state index is 0.203. The molecule has 1 fully saturated rings. The molecule has 0 unspecified atom stereocenters. The molecule has 2 aromatic carbocycles. The number of carbonyl (C=O) groups excluding carboxylic acids is 3. The number of urea groups is 1. The summed E-state index contributed by atoms with van der Waals surface area (Å²) in [6, 6.07) is 8.79. The van der Waals surface area contributed by atoms with Gasteiger partial charge < -0.3 is 18.9 Å². The van der Waals surface area contributed by atoms with Gasteiger partial charge in [0.2, 0.25) is 0 Å². The molecule has 0 aliphatic carbocycles. The highest BCUT2D eigenvalue weighted by molar-refractivity contribution is 6.39. The first-order chi connectivity index (χ1) is 14.4. The van der Waals surface area contributed by atoms with E-state index in [0.717, 1.165) is 4.90 Å². The van der Waals surface area contributed by atoms with Gasteiger partial charge in [0, 0.05) is 12.1 Å². The molecule has 9 nitrogen and oxygen atoms in total. The lowest BCUT2D eigenvalue weighted by molar-refractivity contribution is -0.122. The first-order valence-corrected chi connectivity index (χ1v) is 8.79. The molecule has 0 atom stereocenters. The Hall–Kier alpha value is -4.01. The Labute approximate surface area is 172 Å². The third-order valence-electron chi connectivity index (χ3n) is 4.47. The van der Waals surface area contributed by atoms with Gasteiger partial charge in [0.05, 0.1) is 39.7 Å². The fraction of sp³-hybridized carbons (Fsp3) is 0.190. The van der Waals surface area contributed by atoms with E-state index in [1.54, 1.807) is 30.3 Å². The number of rotatable bonds is 6. The molecule has 0 spiro atoms. The summed E-state index contributed by atoms with van der Waals surface area (Å²) in [5, 5.41) is 2.17. The van der Waals surface area contributed by atoms with Crippen LogP contribution in [0.1, 0.15) is 5.56 Å². The smallest absolute Gasteiger partial charge is 0.336 e. The normalized spacial score (nSPS) is 15.1. The van der Waals surface area contributed by atoms with Crippen molar-refractivity contribution in [2.24, 2.45) is 0 Å². The van der Waals surface area contributed by atoms with Crippen molar-refractivity contribution < 1.29 is 33.3 Å². The molecule has 156 valence electrons. The van der Waals surface area contributed by atoms with Crippen LogP contribution in [-0.4, -0.2) is 46.3 Å². The average Bonchev–Trinajstić information content (AvgIpc) is 2.76. The molecular weight excluding hydrogens is 392 g/mol. The van der Waals surface area contributed by atoms with E-state index < -0.39 is 17.8 Å². The number of hydrogen-bond donors (Lipinski definition) is 1. The summed E-state index contributed by atoms with van der Waals surface area (Å²) in [5.74, 6) is -0.241. The molecule has 3 rings (SSSR count). The molecule has 4 amide bonds. The molecule has 1 saturated heterocycles. The first kappa shape index (κ1) is 20.7. The zero-order valence-corrected chi connectivity index (χ0v) is 16.8. The van der Waals surface area contributed by atoms with Crippen molar-refractivity contribution in [3.05, 3.63) is 47.5 Å². The number of carbonyl (C=O) groups is 3. The van der Waals surface area contributed by atoms with Crippen molar-refractivity contribution in [2.75, 3.05) is 33.3 Å². The van der Waals surface area contributed by atoms with E-state index in [-0.39, 0.29) is 11.3 Å². The SMILES string of the molecule is COc1cc(OC)c(/C=C2/C(=O)NC(=O)N(c3ccccc3OC)C2=O)c(OC)c1. The van der Waals surface area contributed by atoms with E-state index >= 15 is 0 Å². The molecule has 1 heterocycles. The minimum Gasteiger partial charge on any atom is -0.496 e. The fourth-order valence-corrected chi connectivity index (χ4v) is 3.01. The van der Waals surface area contributed by atoms with Crippen molar-refractivity contribution in [3.8, 4) is 23.0 Å². The van der Waals surface area contributed by atoms with E-state index in [0.29, 0.717) is 28.6 Å². The van der Waals surface area contributed by atoms with Gasteiger partial charge in [0.15, 0.2) is 0 Å². The number of barbiturate groups is 1. The third-order valence-corrected chi connectivity index (χ3v) is 4.47. The van der Waals surface area contributed by atoms with E-state index in [1.807, 2.05) is 0 Å². The van der Waals surface area contributed by atoms with Crippen LogP contribution >= 0.6 is 0 Å². The number of imide groups is 2. The van der Waals surface area contributed by atoms with Crippen LogP contribution in [0, 0.1) is 0 Å². The Balaban J connectivity index is 2.14. The van der Waals surface area contributed by atoms with Crippen molar-refractivity contribution in [1.29, 1.82) is 0 Å². The van der Waals surface area contributed by atoms with Gasteiger partial charge in [-0.15, -0.1) is 0 Å². The standard InChI is InChI=1S/C21H20N2O7/c1-27-12-9-17(29-3)13(18(10-12)30-4)11-14-19(24)22-21(26)23(20(14)25)15-7-5-6-8-16(15)28-2/h5-11H,1-4H3,(H,22,24,26)/b14-11-. The van der Waals surface area contributed by atoms with E-state index in [1.165, 1.54) is 40.6 Å². The van der Waals surface area contributed by atoms with Crippen LogP contribution in [0.2, 0.25) is 0 Å². The number of anilines is 1. The van der Waals surface area contributed by atoms with Gasteiger partial charge in [-0.1, -0.05) is 12.1 Å². The van der Waals surface area contributed by atoms with Crippen LogP contribution in [0.15, 0.2) is 42.0 Å². The number of nitrogens with zero attached hydrogens (tertiary/aromatic N) is 1. The second-order valence-electron chi connectivity index (χ2n) is 6.08. The highest BCUT2D eigenvalue weighted by Crippen LogP contribution is 2.37. The van der Waals surface area contributed by atoms with Crippen molar-refractivity contribution in [2.45, 2.75) is 0 Å². The second kappa shape index (κ2) is 8.56. The van der Waals surface area contributed by atoms with E-state index in [2.05, 4.69) is 5.32 Å². The van der Waals surface area contributed by atoms with Gasteiger partial charge in [-0.2, -0.15) is 0 Å². The highest BCUT2D eigenvalue weighted by Gasteiger charge is 2.38. The highest BCUT2D eigenvalue weighted by atomic mass is 16.5. The molecule has 30 heavy (non-hydrogen) atoms. The second-order valence-corrected chi connectivity index (χ2v) is 6.08. The number of hydrogen-bond acceptors (Lipinski definition) is 7. The predicted molar refractivity (Wildman–Crippen MR) is 108 cm³/mol. The molecule has 2 aromatic rings. The van der Waals surface area contributed by atoms with Gasteiger partial charge in [-0.05, 0) is 18.2 Å². The first-order valence-electron chi connectivity index (χ1n) is 8.79. The largest absolute Gasteiger partial charge is 0.496 e. The van der Waals surface area contributed by atoms with Gasteiger partial charge in [-0.3, -0.25) is 14.9 Å². The lowest BCUT2D eigenvalue weighted by atomic mass is 10.0. The van der Waals surface area contributed by atoms with Gasteiger partial charge >= 0.3 is 6.03 Å². The maximum absolute atomic E-state index is 13.2. The number of methoxy groups -OCH3 is 4. The lowest BCUT2D eigenvalue weighted by Gasteiger charge is -2.27. The molecule has 1 aliphatic rings. The molecule has 1 N–H and O–H groups in total. The monoisotopic (exact) mass is 412 g/mol. The third kappa shape index (κ3) is 3.64. The van der Waals surface area contributed by atoms with Crippen LogP contribution in [0.4, 0.5) is 10.5 Å². The molecule has 9 heteroatoms. The Morgan fingerprint density at radius 3 is 2.00 bits per heavy atom. The summed E-state index contributed by atoms with van der Waals surface area (Å²) in [6.07, 6.45) is 1.31. The number of ether oxygens (including phenoxy) is 4. The number of nitrogens with one attached hydrogen (secondary N) is 1. The van der Waals surface area contributed by atoms with Crippen LogP contribution in [0.3, 0.4) is 0 Å². The topological polar surface area (TPSA) is 103 Å². The Morgan fingerprint density at radius 1 is 0.833 bits per heavy atom. The summed E-state index contributed by atoms with van der Waals surface area (Å²) < 4.78 is 21.2. The molecule has 0 bridgehead atoms. The number of benzene rings is 2. The summed E-state index contributed by atoms with van der Waals surface area (Å²) in [7, 11) is 5.77. The molecule has 0 saturated carbocycles. The molecule has 1 aliphatic heterocycles. The van der Waals surface area contributed by atoms with E-state index in [9.17, 15) is 14.4 Å². The quantitative estimate of drug-likeness (QED) is 0.574. The molecule has 0 aromatic heterocycles. The van der Waals surface area contributed by atoms with E-state index in [4.69, 9.17) is 18.9 Å². The van der Waals surface area contributed by atoms with Crippen LogP contribution in [0.5, 0.6) is 23.0 Å². The minimum atomic E-state index is -0.875. The van der Waals surface area contributed by atoms with Crippen molar-refractivity contribution in [1.82, 2.24) is 5.32 Å². The average molecular weight is 412 g/mol. The summed E-state index contributed by atoms with van der Waals surface area (Å²) in [6.45, 7) is 0. The van der Waals surface area contributed by atoms with Crippen molar-refractivity contribution >= 4 is 29.6 Å².